The van der Waals surface area contributed by atoms with Crippen molar-refractivity contribution in [2.45, 2.75) is 0 Å². The number of hydrogen-bond acceptors (Lipinski definition) is 3. The highest BCUT2D eigenvalue weighted by molar-refractivity contribution is 6.34. The topological polar surface area (TPSA) is 95.5 Å². The van der Waals surface area contributed by atoms with Crippen LogP contribution < -0.4 is 10.6 Å². The van der Waals surface area contributed by atoms with Gasteiger partial charge in [0.2, 0.25) is 11.8 Å². The molecule has 0 fully saturated rings. The van der Waals surface area contributed by atoms with Crippen LogP contribution >= 0.6 is 23.2 Å². The Hall–Kier alpha value is -2.05. The molecule has 112 valence electrons. The van der Waals surface area contributed by atoms with Crippen LogP contribution in [-0.4, -0.2) is 36.0 Å². The fourth-order valence-electron chi connectivity index (χ4n) is 1.31. The second-order valence-corrected chi connectivity index (χ2v) is 4.80. The predicted molar refractivity (Wildman–Crippen MR) is 79.2 cm³/mol. The summed E-state index contributed by atoms with van der Waals surface area (Å²) in [7, 11) is 0. The average molecular weight is 331 g/mol. The Kier molecular flexibility index (Phi) is 6.71. The van der Waals surface area contributed by atoms with E-state index in [1.165, 1.54) is 12.2 Å². The van der Waals surface area contributed by atoms with Gasteiger partial charge in [-0.2, -0.15) is 0 Å². The minimum Gasteiger partial charge on any atom is -0.480 e. The summed E-state index contributed by atoms with van der Waals surface area (Å²) >= 11 is 11.6. The average Bonchev–Trinajstić information content (AvgIpc) is 2.39. The van der Waals surface area contributed by atoms with Crippen molar-refractivity contribution in [1.29, 1.82) is 0 Å². The molecule has 0 saturated heterocycles. The van der Waals surface area contributed by atoms with Gasteiger partial charge in [-0.05, 0) is 29.8 Å². The number of carbonyl (C=O) groups excluding carboxylic acids is 2. The normalized spacial score (nSPS) is 10.4. The zero-order valence-corrected chi connectivity index (χ0v) is 12.2. The summed E-state index contributed by atoms with van der Waals surface area (Å²) in [6.45, 7) is -0.807. The molecule has 6 nitrogen and oxygen atoms in total. The Morgan fingerprint density at radius 2 is 1.67 bits per heavy atom. The molecule has 0 aromatic heterocycles. The smallest absolute Gasteiger partial charge is 0.322 e. The molecule has 0 aliphatic rings. The highest BCUT2D eigenvalue weighted by atomic mass is 35.5. The SMILES string of the molecule is O=C(O)CNC(=O)CNC(=O)/C=C/c1cc(Cl)cc(Cl)c1. The van der Waals surface area contributed by atoms with Crippen molar-refractivity contribution in [3.8, 4) is 0 Å². The van der Waals surface area contributed by atoms with E-state index in [1.807, 2.05) is 0 Å². The summed E-state index contributed by atoms with van der Waals surface area (Å²) in [5.41, 5.74) is 0.637. The molecule has 0 radical (unpaired) electrons. The molecule has 0 aliphatic heterocycles. The van der Waals surface area contributed by atoms with Crippen molar-refractivity contribution < 1.29 is 19.5 Å². The van der Waals surface area contributed by atoms with Crippen molar-refractivity contribution in [2.24, 2.45) is 0 Å². The van der Waals surface area contributed by atoms with E-state index in [0.717, 1.165) is 0 Å². The zero-order chi connectivity index (χ0) is 15.8. The van der Waals surface area contributed by atoms with Gasteiger partial charge in [0.05, 0.1) is 6.54 Å². The number of carbonyl (C=O) groups is 3. The first-order chi connectivity index (χ1) is 9.86. The Bertz CT molecular complexity index is 567. The van der Waals surface area contributed by atoms with Crippen LogP contribution in [0.25, 0.3) is 6.08 Å². The lowest BCUT2D eigenvalue weighted by atomic mass is 10.2. The molecular weight excluding hydrogens is 319 g/mol. The third kappa shape index (κ3) is 7.34. The number of amides is 2. The lowest BCUT2D eigenvalue weighted by Crippen LogP contribution is -2.38. The summed E-state index contributed by atoms with van der Waals surface area (Å²) < 4.78 is 0. The van der Waals surface area contributed by atoms with E-state index in [2.05, 4.69) is 10.6 Å². The van der Waals surface area contributed by atoms with Crippen LogP contribution in [0.3, 0.4) is 0 Å². The Morgan fingerprint density at radius 3 is 2.24 bits per heavy atom. The standard InChI is InChI=1S/C13H12Cl2N2O4/c14-9-3-8(4-10(15)5-9)1-2-11(18)16-6-12(19)17-7-13(20)21/h1-5H,6-7H2,(H,16,18)(H,17,19)(H,20,21)/b2-1+. The van der Waals surface area contributed by atoms with Crippen LogP contribution in [0.15, 0.2) is 24.3 Å². The van der Waals surface area contributed by atoms with E-state index in [4.69, 9.17) is 28.3 Å². The molecule has 0 saturated carbocycles. The lowest BCUT2D eigenvalue weighted by Gasteiger charge is -2.03. The largest absolute Gasteiger partial charge is 0.480 e. The number of rotatable bonds is 6. The Balaban J connectivity index is 2.44. The van der Waals surface area contributed by atoms with Gasteiger partial charge < -0.3 is 15.7 Å². The maximum atomic E-state index is 11.5. The number of benzene rings is 1. The first-order valence-corrected chi connectivity index (χ1v) is 6.53. The number of halogens is 2. The molecule has 3 N–H and O–H groups in total. The molecule has 21 heavy (non-hydrogen) atoms. The number of aliphatic carboxylic acids is 1. The molecule has 0 aliphatic carbocycles. The summed E-state index contributed by atoms with van der Waals surface area (Å²) in [6.07, 6.45) is 2.70. The summed E-state index contributed by atoms with van der Waals surface area (Å²) in [5, 5.41) is 13.7. The second kappa shape index (κ2) is 8.28. The third-order valence-corrected chi connectivity index (χ3v) is 2.61. The minimum absolute atomic E-state index is 0.313. The van der Waals surface area contributed by atoms with E-state index in [9.17, 15) is 14.4 Å². The predicted octanol–water partition coefficient (Wildman–Crippen LogP) is 1.32. The monoisotopic (exact) mass is 330 g/mol. The number of nitrogens with one attached hydrogen (secondary N) is 2. The first-order valence-electron chi connectivity index (χ1n) is 5.77. The van der Waals surface area contributed by atoms with Crippen LogP contribution in [0.5, 0.6) is 0 Å². The fraction of sp³-hybridized carbons (Fsp3) is 0.154. The summed E-state index contributed by atoms with van der Waals surface area (Å²) in [6, 6.07) is 4.81. The van der Waals surface area contributed by atoms with E-state index in [1.54, 1.807) is 18.2 Å². The molecule has 0 heterocycles. The van der Waals surface area contributed by atoms with Crippen LogP contribution in [0.2, 0.25) is 10.0 Å². The number of carboxylic acids is 1. The Labute approximate surface area is 130 Å². The molecule has 2 amide bonds. The highest BCUT2D eigenvalue weighted by Gasteiger charge is 2.04. The Morgan fingerprint density at radius 1 is 1.05 bits per heavy atom. The van der Waals surface area contributed by atoms with Gasteiger partial charge in [-0.25, -0.2) is 0 Å². The van der Waals surface area contributed by atoms with Crippen LogP contribution in [-0.2, 0) is 14.4 Å². The zero-order valence-electron chi connectivity index (χ0n) is 10.7. The van der Waals surface area contributed by atoms with Crippen LogP contribution in [0, 0.1) is 0 Å². The maximum Gasteiger partial charge on any atom is 0.322 e. The van der Waals surface area contributed by atoms with Gasteiger partial charge in [-0.1, -0.05) is 23.2 Å². The molecule has 0 atom stereocenters. The van der Waals surface area contributed by atoms with Crippen molar-refractivity contribution in [2.75, 3.05) is 13.1 Å². The molecule has 8 heteroatoms. The van der Waals surface area contributed by atoms with Crippen molar-refractivity contribution in [1.82, 2.24) is 10.6 Å². The molecule has 0 spiro atoms. The van der Waals surface area contributed by atoms with Gasteiger partial charge in [0.15, 0.2) is 0 Å². The third-order valence-electron chi connectivity index (χ3n) is 2.17. The van der Waals surface area contributed by atoms with Crippen LogP contribution in [0.4, 0.5) is 0 Å². The minimum atomic E-state index is -1.16. The van der Waals surface area contributed by atoms with Crippen LogP contribution in [0.1, 0.15) is 5.56 Å². The summed E-state index contributed by atoms with van der Waals surface area (Å²) in [5.74, 6) is -2.26. The number of hydrogen-bond donors (Lipinski definition) is 3. The van der Waals surface area contributed by atoms with E-state index in [0.29, 0.717) is 15.6 Å². The fourth-order valence-corrected chi connectivity index (χ4v) is 1.85. The first kappa shape index (κ1) is 17.0. The van der Waals surface area contributed by atoms with E-state index < -0.39 is 24.3 Å². The maximum absolute atomic E-state index is 11.5. The number of carboxylic acid groups (broad SMARTS) is 1. The van der Waals surface area contributed by atoms with Gasteiger partial charge in [-0.15, -0.1) is 0 Å². The molecule has 0 bridgehead atoms. The van der Waals surface area contributed by atoms with Crippen molar-refractivity contribution >= 4 is 47.1 Å². The van der Waals surface area contributed by atoms with Gasteiger partial charge >= 0.3 is 5.97 Å². The van der Waals surface area contributed by atoms with Gasteiger partial charge in [0.1, 0.15) is 6.54 Å². The molecule has 0 unspecified atom stereocenters. The lowest BCUT2D eigenvalue weighted by molar-refractivity contribution is -0.137. The molecule has 1 rings (SSSR count). The molecule has 1 aromatic carbocycles. The van der Waals surface area contributed by atoms with Gasteiger partial charge in [0.25, 0.3) is 0 Å². The van der Waals surface area contributed by atoms with E-state index >= 15 is 0 Å². The van der Waals surface area contributed by atoms with E-state index in [-0.39, 0.29) is 6.54 Å². The van der Waals surface area contributed by atoms with Gasteiger partial charge in [-0.3, -0.25) is 14.4 Å². The van der Waals surface area contributed by atoms with Crippen molar-refractivity contribution in [3.05, 3.63) is 39.9 Å². The summed E-state index contributed by atoms with van der Waals surface area (Å²) in [4.78, 5) is 32.9. The molecular formula is C13H12Cl2N2O4. The quantitative estimate of drug-likeness (QED) is 0.685. The molecule has 1 aromatic rings. The highest BCUT2D eigenvalue weighted by Crippen LogP contribution is 2.19. The second-order valence-electron chi connectivity index (χ2n) is 3.92. The van der Waals surface area contributed by atoms with Gasteiger partial charge in [0, 0.05) is 16.1 Å². The van der Waals surface area contributed by atoms with Crippen molar-refractivity contribution in [3.63, 3.8) is 0 Å².